The van der Waals surface area contributed by atoms with E-state index < -0.39 is 0 Å². The zero-order valence-electron chi connectivity index (χ0n) is 11.1. The molecular weight excluding hydrogens is 263 g/mol. The summed E-state index contributed by atoms with van der Waals surface area (Å²) in [5.41, 5.74) is 1.40. The third-order valence-electron chi connectivity index (χ3n) is 4.09. The Balaban J connectivity index is 2.14. The summed E-state index contributed by atoms with van der Waals surface area (Å²) in [4.78, 5) is 4.48. The van der Waals surface area contributed by atoms with Crippen molar-refractivity contribution < 1.29 is 4.39 Å². The van der Waals surface area contributed by atoms with Gasteiger partial charge < -0.3 is 4.57 Å². The van der Waals surface area contributed by atoms with Crippen molar-refractivity contribution in [3.05, 3.63) is 29.8 Å². The van der Waals surface area contributed by atoms with Crippen LogP contribution in [0.25, 0.3) is 11.0 Å². The van der Waals surface area contributed by atoms with Gasteiger partial charge in [0.15, 0.2) is 5.82 Å². The molecule has 4 heteroatoms. The van der Waals surface area contributed by atoms with Gasteiger partial charge in [0.05, 0.1) is 5.52 Å². The van der Waals surface area contributed by atoms with Crippen molar-refractivity contribution in [1.29, 1.82) is 0 Å². The van der Waals surface area contributed by atoms with Crippen LogP contribution >= 0.6 is 11.6 Å². The van der Waals surface area contributed by atoms with Crippen molar-refractivity contribution in [3.8, 4) is 0 Å². The van der Waals surface area contributed by atoms with Crippen LogP contribution in [-0.4, -0.2) is 15.4 Å². The first kappa shape index (κ1) is 12.9. The number of hydrogen-bond donors (Lipinski definition) is 0. The summed E-state index contributed by atoms with van der Waals surface area (Å²) < 4.78 is 16.1. The van der Waals surface area contributed by atoms with Crippen LogP contribution in [0, 0.1) is 11.7 Å². The molecule has 0 amide bonds. The quantitative estimate of drug-likeness (QED) is 0.766. The zero-order chi connectivity index (χ0) is 13.4. The van der Waals surface area contributed by atoms with E-state index in [-0.39, 0.29) is 5.82 Å². The van der Waals surface area contributed by atoms with Crippen molar-refractivity contribution in [1.82, 2.24) is 9.55 Å². The van der Waals surface area contributed by atoms with Gasteiger partial charge in [0.25, 0.3) is 0 Å². The molecule has 1 aliphatic rings. The number of rotatable bonds is 3. The van der Waals surface area contributed by atoms with Gasteiger partial charge in [0, 0.05) is 18.3 Å². The topological polar surface area (TPSA) is 17.8 Å². The predicted octanol–water partition coefficient (Wildman–Crippen LogP) is 4.32. The number of halogens is 2. The lowest BCUT2D eigenvalue weighted by atomic mass is 10.1. The Bertz CT molecular complexity index is 593. The molecular formula is C15H18ClFN2. The van der Waals surface area contributed by atoms with Gasteiger partial charge in [-0.05, 0) is 37.3 Å². The van der Waals surface area contributed by atoms with Gasteiger partial charge in [0.1, 0.15) is 11.3 Å². The molecule has 0 radical (unpaired) electrons. The lowest BCUT2D eigenvalue weighted by Gasteiger charge is -2.16. The number of alkyl halides is 1. The maximum Gasteiger partial charge on any atom is 0.151 e. The third kappa shape index (κ3) is 2.25. The number of hydrogen-bond acceptors (Lipinski definition) is 1. The standard InChI is InChI=1S/C15H18ClFN2/c1-10-5-6-11(9-10)19-13-4-2-3-12(17)15(13)18-14(19)7-8-16/h2-4,10-11H,5-9H2,1H3. The number of aryl methyl sites for hydroxylation is 1. The molecule has 0 saturated heterocycles. The van der Waals surface area contributed by atoms with Crippen molar-refractivity contribution >= 4 is 22.6 Å². The molecule has 1 fully saturated rings. The molecule has 2 unspecified atom stereocenters. The molecule has 0 spiro atoms. The lowest BCUT2D eigenvalue weighted by molar-refractivity contribution is 0.490. The molecule has 3 rings (SSSR count). The summed E-state index contributed by atoms with van der Waals surface area (Å²) in [6.45, 7) is 2.28. The Morgan fingerprint density at radius 2 is 2.26 bits per heavy atom. The lowest BCUT2D eigenvalue weighted by Crippen LogP contribution is -2.10. The first-order valence-electron chi connectivity index (χ1n) is 6.92. The normalized spacial score (nSPS) is 23.3. The molecule has 2 nitrogen and oxygen atoms in total. The monoisotopic (exact) mass is 280 g/mol. The fourth-order valence-electron chi connectivity index (χ4n) is 3.21. The van der Waals surface area contributed by atoms with Crippen molar-refractivity contribution in [2.45, 2.75) is 38.6 Å². The second-order valence-corrected chi connectivity index (χ2v) is 5.89. The highest BCUT2D eigenvalue weighted by molar-refractivity contribution is 6.17. The number of para-hydroxylation sites is 1. The number of fused-ring (bicyclic) bond motifs is 1. The molecule has 19 heavy (non-hydrogen) atoms. The highest BCUT2D eigenvalue weighted by atomic mass is 35.5. The minimum atomic E-state index is -0.238. The van der Waals surface area contributed by atoms with Crippen LogP contribution in [0.2, 0.25) is 0 Å². The zero-order valence-corrected chi connectivity index (χ0v) is 11.8. The van der Waals surface area contributed by atoms with Crippen LogP contribution in [0.1, 0.15) is 38.1 Å². The molecule has 1 aliphatic carbocycles. The summed E-state index contributed by atoms with van der Waals surface area (Å²) >= 11 is 5.86. The highest BCUT2D eigenvalue weighted by Crippen LogP contribution is 2.37. The van der Waals surface area contributed by atoms with Crippen LogP contribution in [0.4, 0.5) is 4.39 Å². The molecule has 102 valence electrons. The Kier molecular flexibility index (Phi) is 3.48. The smallest absolute Gasteiger partial charge is 0.151 e. The van der Waals surface area contributed by atoms with Gasteiger partial charge in [-0.25, -0.2) is 9.37 Å². The van der Waals surface area contributed by atoms with Gasteiger partial charge >= 0.3 is 0 Å². The Morgan fingerprint density at radius 1 is 1.42 bits per heavy atom. The summed E-state index contributed by atoms with van der Waals surface area (Å²) in [5, 5.41) is 0. The average molecular weight is 281 g/mol. The Labute approximate surface area is 117 Å². The molecule has 1 aromatic heterocycles. The fraction of sp³-hybridized carbons (Fsp3) is 0.533. The van der Waals surface area contributed by atoms with E-state index in [1.807, 2.05) is 6.07 Å². The Hall–Kier alpha value is -1.09. The predicted molar refractivity (Wildman–Crippen MR) is 76.2 cm³/mol. The van der Waals surface area contributed by atoms with E-state index in [2.05, 4.69) is 16.5 Å². The van der Waals surface area contributed by atoms with E-state index in [9.17, 15) is 4.39 Å². The molecule has 2 atom stereocenters. The van der Waals surface area contributed by atoms with Crippen LogP contribution in [0.15, 0.2) is 18.2 Å². The molecule has 1 aromatic carbocycles. The second kappa shape index (κ2) is 5.12. The molecule has 1 heterocycles. The van der Waals surface area contributed by atoms with Gasteiger partial charge in [-0.2, -0.15) is 0 Å². The van der Waals surface area contributed by atoms with Crippen LogP contribution < -0.4 is 0 Å². The summed E-state index contributed by atoms with van der Waals surface area (Å²) in [5.74, 6) is 1.94. The summed E-state index contributed by atoms with van der Waals surface area (Å²) in [6.07, 6.45) is 4.23. The van der Waals surface area contributed by atoms with E-state index in [0.717, 1.165) is 30.1 Å². The van der Waals surface area contributed by atoms with Gasteiger partial charge in [-0.3, -0.25) is 0 Å². The van der Waals surface area contributed by atoms with Crippen LogP contribution in [-0.2, 0) is 6.42 Å². The minimum Gasteiger partial charge on any atom is -0.325 e. The summed E-state index contributed by atoms with van der Waals surface area (Å²) in [6, 6.07) is 5.65. The SMILES string of the molecule is CC1CCC(n2c(CCCl)nc3c(F)cccc32)C1. The number of benzene rings is 1. The van der Waals surface area contributed by atoms with Crippen molar-refractivity contribution in [3.63, 3.8) is 0 Å². The average Bonchev–Trinajstić information content (AvgIpc) is 2.94. The van der Waals surface area contributed by atoms with Crippen LogP contribution in [0.3, 0.4) is 0 Å². The third-order valence-corrected chi connectivity index (χ3v) is 4.28. The summed E-state index contributed by atoms with van der Waals surface area (Å²) in [7, 11) is 0. The molecule has 0 N–H and O–H groups in total. The van der Waals surface area contributed by atoms with E-state index >= 15 is 0 Å². The van der Waals surface area contributed by atoms with Crippen LogP contribution in [0.5, 0.6) is 0 Å². The largest absolute Gasteiger partial charge is 0.325 e. The molecule has 1 saturated carbocycles. The first-order chi connectivity index (χ1) is 9.20. The van der Waals surface area contributed by atoms with Crippen molar-refractivity contribution in [2.75, 3.05) is 5.88 Å². The van der Waals surface area contributed by atoms with E-state index in [0.29, 0.717) is 23.9 Å². The van der Waals surface area contributed by atoms with Gasteiger partial charge in [-0.1, -0.05) is 13.0 Å². The first-order valence-corrected chi connectivity index (χ1v) is 7.45. The number of nitrogens with zero attached hydrogens (tertiary/aromatic N) is 2. The molecule has 0 bridgehead atoms. The number of aromatic nitrogens is 2. The number of imidazole rings is 1. The highest BCUT2D eigenvalue weighted by Gasteiger charge is 2.26. The Morgan fingerprint density at radius 3 is 2.95 bits per heavy atom. The van der Waals surface area contributed by atoms with Crippen molar-refractivity contribution in [2.24, 2.45) is 5.92 Å². The van der Waals surface area contributed by atoms with E-state index in [1.165, 1.54) is 12.5 Å². The van der Waals surface area contributed by atoms with E-state index in [1.54, 1.807) is 6.07 Å². The second-order valence-electron chi connectivity index (χ2n) is 5.52. The fourth-order valence-corrected chi connectivity index (χ4v) is 3.38. The van der Waals surface area contributed by atoms with Gasteiger partial charge in [-0.15, -0.1) is 11.6 Å². The minimum absolute atomic E-state index is 0.238. The molecule has 0 aliphatic heterocycles. The maximum absolute atomic E-state index is 13.9. The maximum atomic E-state index is 13.9. The van der Waals surface area contributed by atoms with Gasteiger partial charge in [0.2, 0.25) is 0 Å². The molecule has 2 aromatic rings. The van der Waals surface area contributed by atoms with E-state index in [4.69, 9.17) is 11.6 Å².